The number of carboxylic acids is 1. The maximum atomic E-state index is 10.8. The summed E-state index contributed by atoms with van der Waals surface area (Å²) in [5, 5.41) is 19.7. The van der Waals surface area contributed by atoms with Gasteiger partial charge in [0.25, 0.3) is 0 Å². The van der Waals surface area contributed by atoms with E-state index < -0.39 is 11.5 Å². The minimum Gasteiger partial charge on any atom is -0.544 e. The van der Waals surface area contributed by atoms with E-state index >= 15 is 0 Å². The zero-order valence-corrected chi connectivity index (χ0v) is 13.0. The number of nitrogens with zero attached hydrogens (tertiary/aromatic N) is 1. The number of aliphatic carboxylic acids is 1. The van der Waals surface area contributed by atoms with Gasteiger partial charge < -0.3 is 24.3 Å². The Hall–Kier alpha value is -2.52. The zero-order chi connectivity index (χ0) is 16.5. The number of nitrogens with one attached hydrogen (secondary N) is 1. The van der Waals surface area contributed by atoms with Gasteiger partial charge in [0.05, 0.1) is 45.9 Å². The van der Waals surface area contributed by atoms with E-state index in [9.17, 15) is 9.90 Å². The lowest BCUT2D eigenvalue weighted by Gasteiger charge is -2.12. The van der Waals surface area contributed by atoms with Crippen LogP contribution < -0.4 is 19.5 Å². The van der Waals surface area contributed by atoms with E-state index in [1.165, 1.54) is 18.1 Å². The largest absolute Gasteiger partial charge is 0.544 e. The SMILES string of the molecule is COc1ccc(/C=C(/C#N)C(=O)[O-])c(OCCC[NH+](C)C)c1. The summed E-state index contributed by atoms with van der Waals surface area (Å²) in [5.41, 5.74) is 0.0477. The number of ether oxygens (including phenoxy) is 2. The number of nitriles is 1. The molecule has 1 aromatic carbocycles. The summed E-state index contributed by atoms with van der Waals surface area (Å²) in [7, 11) is 5.64. The molecule has 0 amide bonds. The van der Waals surface area contributed by atoms with Crippen molar-refractivity contribution >= 4 is 12.0 Å². The van der Waals surface area contributed by atoms with Gasteiger partial charge in [0, 0.05) is 18.1 Å². The topological polar surface area (TPSA) is 86.8 Å². The van der Waals surface area contributed by atoms with E-state index in [0.29, 0.717) is 23.7 Å². The molecule has 0 aliphatic carbocycles. The highest BCUT2D eigenvalue weighted by Crippen LogP contribution is 2.27. The van der Waals surface area contributed by atoms with Crippen molar-refractivity contribution in [3.63, 3.8) is 0 Å². The van der Waals surface area contributed by atoms with Crippen LogP contribution in [0.3, 0.4) is 0 Å². The van der Waals surface area contributed by atoms with Gasteiger partial charge in [0.2, 0.25) is 0 Å². The Labute approximate surface area is 130 Å². The first-order valence-electron chi connectivity index (χ1n) is 6.91. The molecule has 118 valence electrons. The Balaban J connectivity index is 2.97. The molecule has 0 aromatic heterocycles. The smallest absolute Gasteiger partial charge is 0.130 e. The molecule has 0 bridgehead atoms. The molecule has 0 unspecified atom stereocenters. The monoisotopic (exact) mass is 304 g/mol. The van der Waals surface area contributed by atoms with Crippen LogP contribution in [0.15, 0.2) is 23.8 Å². The van der Waals surface area contributed by atoms with E-state index in [0.717, 1.165) is 13.0 Å². The fraction of sp³-hybridized carbons (Fsp3) is 0.375. The van der Waals surface area contributed by atoms with Gasteiger partial charge in [-0.05, 0) is 18.2 Å². The normalized spacial score (nSPS) is 11.1. The Bertz CT molecular complexity index is 588. The molecule has 0 aliphatic rings. The van der Waals surface area contributed by atoms with Crippen LogP contribution >= 0.6 is 0 Å². The van der Waals surface area contributed by atoms with Gasteiger partial charge in [-0.25, -0.2) is 0 Å². The van der Waals surface area contributed by atoms with Crippen molar-refractivity contribution in [1.29, 1.82) is 5.26 Å². The molecular weight excluding hydrogens is 284 g/mol. The van der Waals surface area contributed by atoms with Gasteiger partial charge >= 0.3 is 0 Å². The van der Waals surface area contributed by atoms with Crippen molar-refractivity contribution in [2.24, 2.45) is 0 Å². The van der Waals surface area contributed by atoms with Crippen molar-refractivity contribution in [3.8, 4) is 17.6 Å². The molecule has 6 heteroatoms. The Morgan fingerprint density at radius 3 is 2.73 bits per heavy atom. The molecule has 1 N–H and O–H groups in total. The number of rotatable bonds is 8. The zero-order valence-electron chi connectivity index (χ0n) is 13.0. The third-order valence-electron chi connectivity index (χ3n) is 2.94. The molecule has 0 fully saturated rings. The van der Waals surface area contributed by atoms with Crippen LogP contribution in [0.25, 0.3) is 6.08 Å². The molecule has 0 radical (unpaired) electrons. The Morgan fingerprint density at radius 1 is 1.45 bits per heavy atom. The van der Waals surface area contributed by atoms with Crippen LogP contribution in [-0.2, 0) is 4.79 Å². The maximum absolute atomic E-state index is 10.8. The van der Waals surface area contributed by atoms with E-state index in [1.54, 1.807) is 24.3 Å². The average molecular weight is 304 g/mol. The quantitative estimate of drug-likeness (QED) is 0.388. The molecule has 0 saturated carbocycles. The predicted octanol–water partition coefficient (Wildman–Crippen LogP) is -0.735. The summed E-state index contributed by atoms with van der Waals surface area (Å²) in [4.78, 5) is 12.2. The predicted molar refractivity (Wildman–Crippen MR) is 79.4 cm³/mol. The van der Waals surface area contributed by atoms with E-state index in [-0.39, 0.29) is 0 Å². The standard InChI is InChI=1S/C16H20N2O4/c1-18(2)7-4-8-22-15-10-14(21-3)6-5-12(15)9-13(11-17)16(19)20/h5-6,9-10H,4,7-8H2,1-3H3,(H,19,20)/b13-9-. The van der Waals surface area contributed by atoms with Gasteiger partial charge in [-0.2, -0.15) is 5.26 Å². The first-order chi connectivity index (χ1) is 10.5. The highest BCUT2D eigenvalue weighted by atomic mass is 16.5. The summed E-state index contributed by atoms with van der Waals surface area (Å²) < 4.78 is 10.8. The van der Waals surface area contributed by atoms with E-state index in [2.05, 4.69) is 14.1 Å². The summed E-state index contributed by atoms with van der Waals surface area (Å²) in [5.74, 6) is -0.445. The van der Waals surface area contributed by atoms with Gasteiger partial charge in [0.15, 0.2) is 0 Å². The summed E-state index contributed by atoms with van der Waals surface area (Å²) in [6.45, 7) is 1.45. The number of methoxy groups -OCH3 is 1. The van der Waals surface area contributed by atoms with E-state index in [4.69, 9.17) is 14.7 Å². The number of benzene rings is 1. The number of carboxylic acid groups (broad SMARTS) is 1. The summed E-state index contributed by atoms with van der Waals surface area (Å²) in [6, 6.07) is 6.58. The number of carbonyl (C=O) groups excluding carboxylic acids is 1. The molecule has 0 spiro atoms. The van der Waals surface area contributed by atoms with Crippen molar-refractivity contribution in [3.05, 3.63) is 29.3 Å². The minimum absolute atomic E-state index is 0.451. The molecular formula is C16H20N2O4. The maximum Gasteiger partial charge on any atom is 0.130 e. The molecule has 1 rings (SSSR count). The molecule has 6 nitrogen and oxygen atoms in total. The number of quaternary nitrogens is 1. The van der Waals surface area contributed by atoms with Crippen molar-refractivity contribution in [2.45, 2.75) is 6.42 Å². The summed E-state index contributed by atoms with van der Waals surface area (Å²) >= 11 is 0. The third-order valence-corrected chi connectivity index (χ3v) is 2.94. The summed E-state index contributed by atoms with van der Waals surface area (Å²) in [6.07, 6.45) is 2.09. The van der Waals surface area contributed by atoms with Crippen LogP contribution in [0, 0.1) is 11.3 Å². The molecule has 0 aliphatic heterocycles. The van der Waals surface area contributed by atoms with Crippen molar-refractivity contribution in [1.82, 2.24) is 0 Å². The van der Waals surface area contributed by atoms with Crippen LogP contribution in [0.1, 0.15) is 12.0 Å². The molecule has 0 saturated heterocycles. The highest BCUT2D eigenvalue weighted by molar-refractivity contribution is 5.95. The number of carbonyl (C=O) groups is 1. The fourth-order valence-corrected chi connectivity index (χ4v) is 1.79. The second-order valence-electron chi connectivity index (χ2n) is 5.02. The second-order valence-corrected chi connectivity index (χ2v) is 5.02. The van der Waals surface area contributed by atoms with Crippen LogP contribution in [0.4, 0.5) is 0 Å². The first-order valence-corrected chi connectivity index (χ1v) is 6.91. The molecule has 22 heavy (non-hydrogen) atoms. The lowest BCUT2D eigenvalue weighted by atomic mass is 10.1. The van der Waals surface area contributed by atoms with Gasteiger partial charge in [0.1, 0.15) is 17.6 Å². The van der Waals surface area contributed by atoms with Crippen LogP contribution in [0.5, 0.6) is 11.5 Å². The van der Waals surface area contributed by atoms with Crippen molar-refractivity contribution < 1.29 is 24.3 Å². The number of hydrogen-bond donors (Lipinski definition) is 1. The highest BCUT2D eigenvalue weighted by Gasteiger charge is 2.07. The van der Waals surface area contributed by atoms with E-state index in [1.807, 2.05) is 0 Å². The van der Waals surface area contributed by atoms with Crippen molar-refractivity contribution in [2.75, 3.05) is 34.4 Å². The van der Waals surface area contributed by atoms with Gasteiger partial charge in [-0.15, -0.1) is 0 Å². The van der Waals surface area contributed by atoms with Crippen LogP contribution in [-0.4, -0.2) is 40.3 Å². The van der Waals surface area contributed by atoms with Gasteiger partial charge in [-0.3, -0.25) is 0 Å². The Kier molecular flexibility index (Phi) is 6.93. The molecule has 0 heterocycles. The lowest BCUT2D eigenvalue weighted by Crippen LogP contribution is -3.05. The lowest BCUT2D eigenvalue weighted by molar-refractivity contribution is -0.858. The van der Waals surface area contributed by atoms with Crippen LogP contribution in [0.2, 0.25) is 0 Å². The Morgan fingerprint density at radius 2 is 2.18 bits per heavy atom. The minimum atomic E-state index is -1.51. The third kappa shape index (κ3) is 5.46. The second kappa shape index (κ2) is 8.70. The molecule has 1 aromatic rings. The van der Waals surface area contributed by atoms with Gasteiger partial charge in [-0.1, -0.05) is 0 Å². The fourth-order valence-electron chi connectivity index (χ4n) is 1.79. The molecule has 0 atom stereocenters. The number of hydrogen-bond acceptors (Lipinski definition) is 5. The average Bonchev–Trinajstić information content (AvgIpc) is 2.49. The first kappa shape index (κ1) is 17.5.